The molecule has 12 heavy (non-hydrogen) atoms. The van der Waals surface area contributed by atoms with Crippen molar-refractivity contribution in [2.45, 2.75) is 18.0 Å². The lowest BCUT2D eigenvalue weighted by Crippen LogP contribution is -2.52. The molecule has 2 atom stereocenters. The number of carboxylic acid groups (broad SMARTS) is 1. The Bertz CT molecular complexity index is 244. The number of fused-ring (bicyclic) bond motifs is 1. The third kappa shape index (κ3) is 1.03. The number of β-lactam (4-membered cyclic amide) rings is 1. The van der Waals surface area contributed by atoms with Crippen molar-refractivity contribution in [2.75, 3.05) is 5.75 Å². The number of rotatable bonds is 1. The average molecular weight is 189 g/mol. The second kappa shape index (κ2) is 2.55. The SMILES string of the molecule is O=C(O)OC1CS[C@H]2CC(=O)N12. The molecule has 0 aromatic rings. The topological polar surface area (TPSA) is 66.8 Å². The zero-order valence-corrected chi connectivity index (χ0v) is 6.91. The van der Waals surface area contributed by atoms with Crippen LogP contribution in [0.25, 0.3) is 0 Å². The van der Waals surface area contributed by atoms with Crippen LogP contribution in [0.5, 0.6) is 0 Å². The average Bonchev–Trinajstić information content (AvgIpc) is 2.24. The highest BCUT2D eigenvalue weighted by atomic mass is 32.2. The maximum atomic E-state index is 10.9. The van der Waals surface area contributed by atoms with Gasteiger partial charge in [0.1, 0.15) is 0 Å². The van der Waals surface area contributed by atoms with E-state index >= 15 is 0 Å². The van der Waals surface area contributed by atoms with E-state index in [-0.39, 0.29) is 11.3 Å². The summed E-state index contributed by atoms with van der Waals surface area (Å²) >= 11 is 1.56. The fraction of sp³-hybridized carbons (Fsp3) is 0.667. The molecule has 0 aliphatic carbocycles. The van der Waals surface area contributed by atoms with E-state index in [9.17, 15) is 9.59 Å². The van der Waals surface area contributed by atoms with Crippen LogP contribution in [0.2, 0.25) is 0 Å². The molecular formula is C6H7NO4S. The molecular weight excluding hydrogens is 182 g/mol. The predicted octanol–water partition coefficient (Wildman–Crippen LogP) is 0.312. The van der Waals surface area contributed by atoms with E-state index in [4.69, 9.17) is 5.11 Å². The summed E-state index contributed by atoms with van der Waals surface area (Å²) in [6.45, 7) is 0. The first kappa shape index (κ1) is 7.72. The summed E-state index contributed by atoms with van der Waals surface area (Å²) in [7, 11) is 0. The van der Waals surface area contributed by atoms with Gasteiger partial charge in [-0.1, -0.05) is 0 Å². The van der Waals surface area contributed by atoms with Gasteiger partial charge in [-0.15, -0.1) is 11.8 Å². The predicted molar refractivity (Wildman–Crippen MR) is 40.6 cm³/mol. The zero-order valence-electron chi connectivity index (χ0n) is 6.10. The van der Waals surface area contributed by atoms with Gasteiger partial charge < -0.3 is 9.84 Å². The maximum Gasteiger partial charge on any atom is 0.507 e. The summed E-state index contributed by atoms with van der Waals surface area (Å²) in [6.07, 6.45) is -1.36. The third-order valence-electron chi connectivity index (χ3n) is 1.93. The standard InChI is InChI=1S/C6H7NO4S/c8-3-1-5-7(3)4(2-12-5)11-6(9)10/h4-5H,1-2H2,(H,9,10)/t4?,5-/m0/s1. The van der Waals surface area contributed by atoms with Gasteiger partial charge in [-0.05, 0) is 0 Å². The van der Waals surface area contributed by atoms with Crippen molar-refractivity contribution >= 4 is 23.8 Å². The van der Waals surface area contributed by atoms with Gasteiger partial charge in [0.05, 0.1) is 17.5 Å². The molecule has 0 radical (unpaired) electrons. The molecule has 5 nitrogen and oxygen atoms in total. The van der Waals surface area contributed by atoms with Gasteiger partial charge in [0.2, 0.25) is 5.91 Å². The first-order valence-corrected chi connectivity index (χ1v) is 4.55. The highest BCUT2D eigenvalue weighted by Crippen LogP contribution is 2.39. The Balaban J connectivity index is 1.99. The van der Waals surface area contributed by atoms with Crippen LogP contribution in [0.3, 0.4) is 0 Å². The number of thioether (sulfide) groups is 1. The van der Waals surface area contributed by atoms with E-state index in [1.807, 2.05) is 0 Å². The smallest absolute Gasteiger partial charge is 0.450 e. The molecule has 1 unspecified atom stereocenters. The first-order chi connectivity index (χ1) is 5.68. The summed E-state index contributed by atoms with van der Waals surface area (Å²) in [5, 5.41) is 8.47. The normalized spacial score (nSPS) is 32.7. The van der Waals surface area contributed by atoms with Crippen molar-refractivity contribution in [1.29, 1.82) is 0 Å². The Morgan fingerprint density at radius 2 is 2.50 bits per heavy atom. The molecule has 0 bridgehead atoms. The molecule has 0 aromatic heterocycles. The van der Waals surface area contributed by atoms with E-state index < -0.39 is 12.4 Å². The molecule has 2 saturated heterocycles. The van der Waals surface area contributed by atoms with Gasteiger partial charge in [-0.25, -0.2) is 4.79 Å². The number of hydrogen-bond donors (Lipinski definition) is 1. The van der Waals surface area contributed by atoms with Crippen LogP contribution in [0.15, 0.2) is 0 Å². The molecule has 2 heterocycles. The van der Waals surface area contributed by atoms with E-state index in [1.54, 1.807) is 11.8 Å². The highest BCUT2D eigenvalue weighted by molar-refractivity contribution is 8.00. The lowest BCUT2D eigenvalue weighted by atomic mass is 10.2. The number of ether oxygens (including phenoxy) is 1. The van der Waals surface area contributed by atoms with Gasteiger partial charge >= 0.3 is 6.16 Å². The molecule has 0 saturated carbocycles. The minimum atomic E-state index is -1.32. The van der Waals surface area contributed by atoms with Crippen LogP contribution in [-0.4, -0.2) is 39.4 Å². The van der Waals surface area contributed by atoms with Crippen molar-refractivity contribution in [3.05, 3.63) is 0 Å². The van der Waals surface area contributed by atoms with E-state index in [1.165, 1.54) is 4.90 Å². The zero-order chi connectivity index (χ0) is 8.72. The fourth-order valence-electron chi connectivity index (χ4n) is 1.37. The Hall–Kier alpha value is -0.910. The summed E-state index contributed by atoms with van der Waals surface area (Å²) in [5.41, 5.74) is 0. The van der Waals surface area contributed by atoms with Crippen LogP contribution in [0.4, 0.5) is 4.79 Å². The van der Waals surface area contributed by atoms with Crippen LogP contribution >= 0.6 is 11.8 Å². The highest BCUT2D eigenvalue weighted by Gasteiger charge is 2.48. The second-order valence-electron chi connectivity index (χ2n) is 2.63. The minimum absolute atomic E-state index is 0.0174. The molecule has 2 aliphatic heterocycles. The van der Waals surface area contributed by atoms with Crippen molar-refractivity contribution in [3.63, 3.8) is 0 Å². The maximum absolute atomic E-state index is 10.9. The van der Waals surface area contributed by atoms with Crippen LogP contribution in [0.1, 0.15) is 6.42 Å². The van der Waals surface area contributed by atoms with Crippen molar-refractivity contribution in [1.82, 2.24) is 4.90 Å². The van der Waals surface area contributed by atoms with Crippen molar-refractivity contribution in [2.24, 2.45) is 0 Å². The van der Waals surface area contributed by atoms with Gasteiger partial charge in [0, 0.05) is 0 Å². The van der Waals surface area contributed by atoms with E-state index in [0.29, 0.717) is 12.2 Å². The quantitative estimate of drug-likeness (QED) is 0.475. The van der Waals surface area contributed by atoms with Gasteiger partial charge in [-0.3, -0.25) is 9.69 Å². The van der Waals surface area contributed by atoms with Crippen molar-refractivity contribution < 1.29 is 19.4 Å². The molecule has 2 aliphatic rings. The second-order valence-corrected chi connectivity index (χ2v) is 3.84. The van der Waals surface area contributed by atoms with Crippen molar-refractivity contribution in [3.8, 4) is 0 Å². The number of amides is 1. The van der Waals surface area contributed by atoms with Crippen LogP contribution in [-0.2, 0) is 9.53 Å². The largest absolute Gasteiger partial charge is 0.507 e. The molecule has 66 valence electrons. The number of hydrogen-bond acceptors (Lipinski definition) is 4. The van der Waals surface area contributed by atoms with Gasteiger partial charge in [0.25, 0.3) is 0 Å². The van der Waals surface area contributed by atoms with E-state index in [2.05, 4.69) is 4.74 Å². The molecule has 6 heteroatoms. The number of carbonyl (C=O) groups is 2. The van der Waals surface area contributed by atoms with Gasteiger partial charge in [-0.2, -0.15) is 0 Å². The molecule has 1 amide bonds. The lowest BCUT2D eigenvalue weighted by Gasteiger charge is -2.35. The van der Waals surface area contributed by atoms with Gasteiger partial charge in [0.15, 0.2) is 6.23 Å². The lowest BCUT2D eigenvalue weighted by molar-refractivity contribution is -0.153. The summed E-state index contributed by atoms with van der Waals surface area (Å²) in [4.78, 5) is 22.6. The monoisotopic (exact) mass is 189 g/mol. The first-order valence-electron chi connectivity index (χ1n) is 3.51. The molecule has 2 fully saturated rings. The number of nitrogens with zero attached hydrogens (tertiary/aromatic N) is 1. The van der Waals surface area contributed by atoms with Crippen LogP contribution in [0, 0.1) is 0 Å². The van der Waals surface area contributed by atoms with E-state index in [0.717, 1.165) is 0 Å². The summed E-state index contributed by atoms with van der Waals surface area (Å²) in [6, 6.07) is 0. The molecule has 0 aromatic carbocycles. The Labute approximate surface area is 72.7 Å². The van der Waals surface area contributed by atoms with Crippen LogP contribution < -0.4 is 0 Å². The Morgan fingerprint density at radius 1 is 1.75 bits per heavy atom. The third-order valence-corrected chi connectivity index (χ3v) is 3.18. The summed E-state index contributed by atoms with van der Waals surface area (Å²) < 4.78 is 4.52. The minimum Gasteiger partial charge on any atom is -0.450 e. The molecule has 2 rings (SSSR count). The molecule has 0 spiro atoms. The molecule has 1 N–H and O–H groups in total. The number of carbonyl (C=O) groups excluding carboxylic acids is 1. The Kier molecular flexibility index (Phi) is 1.64. The Morgan fingerprint density at radius 3 is 3.08 bits per heavy atom. The fourth-order valence-corrected chi connectivity index (χ4v) is 2.66. The summed E-state index contributed by atoms with van der Waals surface area (Å²) in [5.74, 6) is 0.541.